The summed E-state index contributed by atoms with van der Waals surface area (Å²) in [5.74, 6) is -0.553. The van der Waals surface area contributed by atoms with E-state index in [-0.39, 0.29) is 17.2 Å². The lowest BCUT2D eigenvalue weighted by Crippen LogP contribution is -2.30. The molecule has 3 aromatic carbocycles. The van der Waals surface area contributed by atoms with E-state index >= 15 is 0 Å². The van der Waals surface area contributed by atoms with Gasteiger partial charge in [-0.2, -0.15) is 0 Å². The van der Waals surface area contributed by atoms with E-state index in [4.69, 9.17) is 0 Å². The van der Waals surface area contributed by atoms with Crippen molar-refractivity contribution in [3.05, 3.63) is 122 Å². The van der Waals surface area contributed by atoms with Gasteiger partial charge in [-0.15, -0.1) is 0 Å². The lowest BCUT2D eigenvalue weighted by Gasteiger charge is -2.19. The number of carbonyl (C=O) groups excluding carboxylic acids is 1. The first-order valence-corrected chi connectivity index (χ1v) is 9.72. The highest BCUT2D eigenvalue weighted by molar-refractivity contribution is 6.06. The Bertz CT molecular complexity index is 1260. The quantitative estimate of drug-likeness (QED) is 0.368. The van der Waals surface area contributed by atoms with E-state index in [2.05, 4.69) is 10.3 Å². The van der Waals surface area contributed by atoms with Crippen LogP contribution in [0, 0.1) is 10.1 Å². The van der Waals surface area contributed by atoms with Gasteiger partial charge in [0.2, 0.25) is 5.56 Å². The Morgan fingerprint density at radius 2 is 1.55 bits per heavy atom. The number of carbonyl (C=O) groups is 1. The summed E-state index contributed by atoms with van der Waals surface area (Å²) in [4.78, 5) is 38.3. The topological polar surface area (TPSA) is 105 Å². The summed E-state index contributed by atoms with van der Waals surface area (Å²) in [6.07, 6.45) is 0. The molecule has 31 heavy (non-hydrogen) atoms. The van der Waals surface area contributed by atoms with Crippen LogP contribution in [0.3, 0.4) is 0 Å². The van der Waals surface area contributed by atoms with Crippen LogP contribution in [0.2, 0.25) is 0 Å². The smallest absolute Gasteiger partial charge is 0.270 e. The molecule has 0 aliphatic heterocycles. The summed E-state index contributed by atoms with van der Waals surface area (Å²) in [5.41, 5.74) is 1.95. The number of fused-ring (bicyclic) bond motifs is 1. The first-order chi connectivity index (χ1) is 15.0. The van der Waals surface area contributed by atoms with Gasteiger partial charge in [0, 0.05) is 41.6 Å². The SMILES string of the molecule is O=C(NCC(c1ccccc1)c1ccccc1)c1cc(=O)[nH]c2ccc([N+](=O)[O-])cc12. The highest BCUT2D eigenvalue weighted by Crippen LogP contribution is 2.25. The number of hydrogen-bond donors (Lipinski definition) is 2. The summed E-state index contributed by atoms with van der Waals surface area (Å²) < 4.78 is 0. The van der Waals surface area contributed by atoms with Crippen molar-refractivity contribution in [2.75, 3.05) is 6.54 Å². The number of pyridine rings is 1. The monoisotopic (exact) mass is 413 g/mol. The second-order valence-corrected chi connectivity index (χ2v) is 7.12. The van der Waals surface area contributed by atoms with Gasteiger partial charge in [-0.05, 0) is 17.2 Å². The molecule has 0 atom stereocenters. The lowest BCUT2D eigenvalue weighted by molar-refractivity contribution is -0.384. The van der Waals surface area contributed by atoms with Crippen LogP contribution >= 0.6 is 0 Å². The molecule has 1 aromatic heterocycles. The van der Waals surface area contributed by atoms with E-state index in [0.29, 0.717) is 17.4 Å². The highest BCUT2D eigenvalue weighted by Gasteiger charge is 2.19. The van der Waals surface area contributed by atoms with Crippen LogP contribution in [0.4, 0.5) is 5.69 Å². The number of nitrogens with one attached hydrogen (secondary N) is 2. The molecule has 4 rings (SSSR count). The van der Waals surface area contributed by atoms with Crippen LogP contribution in [-0.2, 0) is 0 Å². The summed E-state index contributed by atoms with van der Waals surface area (Å²) >= 11 is 0. The van der Waals surface area contributed by atoms with E-state index in [1.54, 1.807) is 0 Å². The zero-order valence-electron chi connectivity index (χ0n) is 16.4. The molecule has 1 heterocycles. The average Bonchev–Trinajstić information content (AvgIpc) is 2.79. The summed E-state index contributed by atoms with van der Waals surface area (Å²) in [5, 5.41) is 14.4. The van der Waals surface area contributed by atoms with Crippen LogP contribution in [0.25, 0.3) is 10.9 Å². The first kappa shape index (κ1) is 20.0. The van der Waals surface area contributed by atoms with Gasteiger partial charge >= 0.3 is 0 Å². The minimum absolute atomic E-state index is 0.0889. The molecule has 154 valence electrons. The van der Waals surface area contributed by atoms with Gasteiger partial charge in [-0.1, -0.05) is 60.7 Å². The van der Waals surface area contributed by atoms with Crippen LogP contribution in [0.5, 0.6) is 0 Å². The molecule has 0 saturated heterocycles. The number of aromatic amines is 1. The number of benzene rings is 3. The molecule has 0 saturated carbocycles. The van der Waals surface area contributed by atoms with Crippen molar-refractivity contribution in [3.63, 3.8) is 0 Å². The Morgan fingerprint density at radius 3 is 2.13 bits per heavy atom. The fraction of sp³-hybridized carbons (Fsp3) is 0.0833. The Kier molecular flexibility index (Phi) is 5.57. The molecule has 7 heteroatoms. The number of amides is 1. The minimum atomic E-state index is -0.535. The molecular formula is C24H19N3O4. The van der Waals surface area contributed by atoms with E-state index < -0.39 is 16.4 Å². The fourth-order valence-electron chi connectivity index (χ4n) is 3.63. The van der Waals surface area contributed by atoms with Crippen molar-refractivity contribution in [1.82, 2.24) is 10.3 Å². The number of hydrogen-bond acceptors (Lipinski definition) is 4. The van der Waals surface area contributed by atoms with Gasteiger partial charge in [0.15, 0.2) is 0 Å². The van der Waals surface area contributed by atoms with Crippen molar-refractivity contribution in [1.29, 1.82) is 0 Å². The van der Waals surface area contributed by atoms with E-state index in [0.717, 1.165) is 11.1 Å². The molecule has 4 aromatic rings. The van der Waals surface area contributed by atoms with Crippen molar-refractivity contribution in [2.45, 2.75) is 5.92 Å². The molecule has 0 aliphatic carbocycles. The van der Waals surface area contributed by atoms with Gasteiger partial charge in [-0.3, -0.25) is 19.7 Å². The van der Waals surface area contributed by atoms with Crippen LogP contribution < -0.4 is 10.9 Å². The Hall–Kier alpha value is -4.26. The maximum Gasteiger partial charge on any atom is 0.270 e. The first-order valence-electron chi connectivity index (χ1n) is 9.72. The lowest BCUT2D eigenvalue weighted by atomic mass is 9.91. The van der Waals surface area contributed by atoms with Crippen molar-refractivity contribution in [2.24, 2.45) is 0 Å². The number of aromatic nitrogens is 1. The normalized spacial score (nSPS) is 10.9. The number of nitro benzene ring substituents is 1. The summed E-state index contributed by atoms with van der Waals surface area (Å²) in [6, 6.07) is 24.8. The van der Waals surface area contributed by atoms with Crippen molar-refractivity contribution < 1.29 is 9.72 Å². The Balaban J connectivity index is 1.67. The molecule has 2 N–H and O–H groups in total. The Labute approximate surface area is 177 Å². The summed E-state index contributed by atoms with van der Waals surface area (Å²) in [7, 11) is 0. The second kappa shape index (κ2) is 8.62. The van der Waals surface area contributed by atoms with Gasteiger partial charge in [-0.25, -0.2) is 0 Å². The zero-order chi connectivity index (χ0) is 21.8. The fourth-order valence-corrected chi connectivity index (χ4v) is 3.63. The van der Waals surface area contributed by atoms with Gasteiger partial charge in [0.1, 0.15) is 0 Å². The highest BCUT2D eigenvalue weighted by atomic mass is 16.6. The molecule has 0 fully saturated rings. The second-order valence-electron chi connectivity index (χ2n) is 7.12. The predicted molar refractivity (Wildman–Crippen MR) is 118 cm³/mol. The third kappa shape index (κ3) is 4.35. The number of nitrogens with zero attached hydrogens (tertiary/aromatic N) is 1. The molecule has 7 nitrogen and oxygen atoms in total. The van der Waals surface area contributed by atoms with E-state index in [9.17, 15) is 19.7 Å². The number of nitro groups is 1. The molecule has 0 radical (unpaired) electrons. The largest absolute Gasteiger partial charge is 0.351 e. The van der Waals surface area contributed by atoms with Gasteiger partial charge in [0.05, 0.1) is 10.5 Å². The third-order valence-electron chi connectivity index (χ3n) is 5.15. The molecular weight excluding hydrogens is 394 g/mol. The van der Waals surface area contributed by atoms with Crippen molar-refractivity contribution >= 4 is 22.5 Å². The van der Waals surface area contributed by atoms with Gasteiger partial charge < -0.3 is 10.3 Å². The number of H-pyrrole nitrogens is 1. The molecule has 0 spiro atoms. The van der Waals surface area contributed by atoms with Gasteiger partial charge in [0.25, 0.3) is 11.6 Å². The minimum Gasteiger partial charge on any atom is -0.351 e. The van der Waals surface area contributed by atoms with E-state index in [1.807, 2.05) is 60.7 Å². The van der Waals surface area contributed by atoms with Crippen LogP contribution in [-0.4, -0.2) is 22.4 Å². The van der Waals surface area contributed by atoms with Crippen molar-refractivity contribution in [3.8, 4) is 0 Å². The maximum absolute atomic E-state index is 13.0. The van der Waals surface area contributed by atoms with Crippen LogP contribution in [0.1, 0.15) is 27.4 Å². The molecule has 0 bridgehead atoms. The average molecular weight is 413 g/mol. The number of non-ortho nitro benzene ring substituents is 1. The summed E-state index contributed by atoms with van der Waals surface area (Å²) in [6.45, 7) is 0.302. The standard InChI is InChI=1S/C24H19N3O4/c28-23-14-20(19-13-18(27(30)31)11-12-22(19)26-23)24(29)25-15-21(16-7-3-1-4-8-16)17-9-5-2-6-10-17/h1-14,21H,15H2,(H,25,29)(H,26,28). The zero-order valence-corrected chi connectivity index (χ0v) is 16.4. The number of rotatable bonds is 6. The molecule has 0 aliphatic rings. The third-order valence-corrected chi connectivity index (χ3v) is 5.15. The Morgan fingerprint density at radius 1 is 0.935 bits per heavy atom. The van der Waals surface area contributed by atoms with Crippen LogP contribution in [0.15, 0.2) is 89.7 Å². The molecule has 0 unspecified atom stereocenters. The van der Waals surface area contributed by atoms with E-state index in [1.165, 1.54) is 24.3 Å². The predicted octanol–water partition coefficient (Wildman–Crippen LogP) is 4.00. The molecule has 1 amide bonds. The maximum atomic E-state index is 13.0.